The zero-order valence-corrected chi connectivity index (χ0v) is 23.1. The van der Waals surface area contributed by atoms with Gasteiger partial charge in [-0.3, -0.25) is 4.90 Å². The number of nitrogens with one attached hydrogen (secondary N) is 1. The average Bonchev–Trinajstić information content (AvgIpc) is 3.78. The second-order valence-electron chi connectivity index (χ2n) is 10.4. The Kier molecular flexibility index (Phi) is 8.98. The number of benzene rings is 3. The van der Waals surface area contributed by atoms with Gasteiger partial charge in [-0.25, -0.2) is 9.59 Å². The Morgan fingerprint density at radius 3 is 2.38 bits per heavy atom. The molecule has 2 amide bonds. The van der Waals surface area contributed by atoms with Crippen LogP contribution in [-0.2, 0) is 16.1 Å². The first-order chi connectivity index (χ1) is 19.5. The summed E-state index contributed by atoms with van der Waals surface area (Å²) in [5.74, 6) is 0.843. The second-order valence-corrected chi connectivity index (χ2v) is 10.4. The molecule has 1 aliphatic carbocycles. The van der Waals surface area contributed by atoms with E-state index >= 15 is 0 Å². The predicted octanol–water partition coefficient (Wildman–Crippen LogP) is 4.62. The molecule has 8 nitrogen and oxygen atoms in total. The molecule has 210 valence electrons. The smallest absolute Gasteiger partial charge is 0.337 e. The molecule has 1 aliphatic heterocycles. The van der Waals surface area contributed by atoms with Crippen LogP contribution in [0.3, 0.4) is 0 Å². The van der Waals surface area contributed by atoms with Crippen LogP contribution in [0.25, 0.3) is 0 Å². The molecule has 3 aromatic carbocycles. The quantitative estimate of drug-likeness (QED) is 0.376. The fourth-order valence-electron chi connectivity index (χ4n) is 5.19. The van der Waals surface area contributed by atoms with Crippen molar-refractivity contribution < 1.29 is 23.8 Å². The number of urea groups is 1. The first-order valence-electron chi connectivity index (χ1n) is 13.8. The lowest BCUT2D eigenvalue weighted by Crippen LogP contribution is -2.52. The van der Waals surface area contributed by atoms with E-state index in [1.807, 2.05) is 41.3 Å². The van der Waals surface area contributed by atoms with Crippen molar-refractivity contribution >= 4 is 12.0 Å². The average molecular weight is 544 g/mol. The van der Waals surface area contributed by atoms with Gasteiger partial charge in [-0.2, -0.15) is 0 Å². The van der Waals surface area contributed by atoms with Crippen LogP contribution in [0.2, 0.25) is 0 Å². The van der Waals surface area contributed by atoms with Gasteiger partial charge in [0, 0.05) is 44.7 Å². The Balaban J connectivity index is 1.15. The zero-order valence-electron chi connectivity index (χ0n) is 23.1. The van der Waals surface area contributed by atoms with Gasteiger partial charge in [-0.05, 0) is 47.4 Å². The monoisotopic (exact) mass is 543 g/mol. The van der Waals surface area contributed by atoms with Crippen molar-refractivity contribution in [2.24, 2.45) is 0 Å². The molecule has 40 heavy (non-hydrogen) atoms. The molecule has 3 atom stereocenters. The standard InChI is InChI=1S/C32H37N3O5/c1-38-27-10-6-9-26(19-27)30(40-22-23-11-13-25(14-12-23)31(36)39-2)21-34-15-17-35(18-16-34)32(37)33-29-20-28(29)24-7-4-3-5-8-24/h3-14,19,28-30H,15-18,20-22H2,1-2H3,(H,33,37)/t28-,29?,30?/m0/s1. The molecule has 0 aromatic heterocycles. The highest BCUT2D eigenvalue weighted by atomic mass is 16.5. The molecule has 1 saturated carbocycles. The summed E-state index contributed by atoms with van der Waals surface area (Å²) in [4.78, 5) is 28.9. The normalized spacial score (nSPS) is 19.5. The minimum absolute atomic E-state index is 0.0269. The summed E-state index contributed by atoms with van der Waals surface area (Å²) in [5, 5.41) is 3.22. The molecule has 5 rings (SSSR count). The Morgan fingerprint density at radius 1 is 0.925 bits per heavy atom. The minimum Gasteiger partial charge on any atom is -0.497 e. The molecular weight excluding hydrogens is 506 g/mol. The van der Waals surface area contributed by atoms with Crippen molar-refractivity contribution in [3.8, 4) is 5.75 Å². The Morgan fingerprint density at radius 2 is 1.68 bits per heavy atom. The summed E-state index contributed by atoms with van der Waals surface area (Å²) in [6, 6.07) is 25.9. The third kappa shape index (κ3) is 7.00. The molecule has 3 aromatic rings. The molecule has 0 radical (unpaired) electrons. The highest BCUT2D eigenvalue weighted by Crippen LogP contribution is 2.40. The fourth-order valence-corrected chi connectivity index (χ4v) is 5.19. The van der Waals surface area contributed by atoms with E-state index < -0.39 is 0 Å². The predicted molar refractivity (Wildman–Crippen MR) is 152 cm³/mol. The molecular formula is C32H37N3O5. The fraction of sp³-hybridized carbons (Fsp3) is 0.375. The number of carbonyl (C=O) groups excluding carboxylic acids is 2. The largest absolute Gasteiger partial charge is 0.497 e. The summed E-state index contributed by atoms with van der Waals surface area (Å²) in [6.45, 7) is 4.00. The number of hydrogen-bond donors (Lipinski definition) is 1. The molecule has 1 saturated heterocycles. The summed E-state index contributed by atoms with van der Waals surface area (Å²) in [7, 11) is 3.03. The number of hydrogen-bond acceptors (Lipinski definition) is 6. The number of carbonyl (C=O) groups is 2. The molecule has 1 N–H and O–H groups in total. The summed E-state index contributed by atoms with van der Waals surface area (Å²) < 4.78 is 16.7. The van der Waals surface area contributed by atoms with Gasteiger partial charge in [-0.15, -0.1) is 0 Å². The van der Waals surface area contributed by atoms with E-state index in [2.05, 4.69) is 40.5 Å². The first-order valence-corrected chi connectivity index (χ1v) is 13.8. The van der Waals surface area contributed by atoms with Gasteiger partial charge in [0.05, 0.1) is 32.5 Å². The Hall–Kier alpha value is -3.88. The minimum atomic E-state index is -0.359. The van der Waals surface area contributed by atoms with Gasteiger partial charge in [0.15, 0.2) is 0 Å². The van der Waals surface area contributed by atoms with Crippen molar-refractivity contribution in [2.45, 2.75) is 31.1 Å². The number of amides is 2. The lowest BCUT2D eigenvalue weighted by Gasteiger charge is -2.36. The summed E-state index contributed by atoms with van der Waals surface area (Å²) in [6.07, 6.45) is 0.814. The zero-order chi connectivity index (χ0) is 27.9. The lowest BCUT2D eigenvalue weighted by atomic mass is 10.1. The van der Waals surface area contributed by atoms with Crippen LogP contribution in [0.15, 0.2) is 78.9 Å². The van der Waals surface area contributed by atoms with Gasteiger partial charge in [0.1, 0.15) is 5.75 Å². The maximum Gasteiger partial charge on any atom is 0.337 e. The molecule has 2 unspecified atom stereocenters. The van der Waals surface area contributed by atoms with E-state index in [1.165, 1.54) is 12.7 Å². The van der Waals surface area contributed by atoms with Crippen LogP contribution in [0.4, 0.5) is 4.79 Å². The molecule has 8 heteroatoms. The topological polar surface area (TPSA) is 80.3 Å². The van der Waals surface area contributed by atoms with Crippen LogP contribution in [0.5, 0.6) is 5.75 Å². The maximum absolute atomic E-state index is 12.9. The van der Waals surface area contributed by atoms with Crippen molar-refractivity contribution in [1.29, 1.82) is 0 Å². The van der Waals surface area contributed by atoms with Crippen LogP contribution < -0.4 is 10.1 Å². The summed E-state index contributed by atoms with van der Waals surface area (Å²) >= 11 is 0. The van der Waals surface area contributed by atoms with E-state index in [0.717, 1.165) is 36.4 Å². The molecule has 0 spiro atoms. The van der Waals surface area contributed by atoms with E-state index in [-0.39, 0.29) is 24.1 Å². The Bertz CT molecular complexity index is 1280. The molecule has 2 aliphatic rings. The maximum atomic E-state index is 12.9. The van der Waals surface area contributed by atoms with Crippen molar-refractivity contribution in [3.05, 3.63) is 101 Å². The van der Waals surface area contributed by atoms with Crippen LogP contribution in [0, 0.1) is 0 Å². The van der Waals surface area contributed by atoms with E-state index in [4.69, 9.17) is 14.2 Å². The number of piperazine rings is 1. The highest BCUT2D eigenvalue weighted by molar-refractivity contribution is 5.89. The van der Waals surface area contributed by atoms with Gasteiger partial charge >= 0.3 is 12.0 Å². The number of methoxy groups -OCH3 is 2. The van der Waals surface area contributed by atoms with Crippen LogP contribution in [-0.4, -0.2) is 74.8 Å². The highest BCUT2D eigenvalue weighted by Gasteiger charge is 2.40. The number of esters is 1. The van der Waals surface area contributed by atoms with Crippen molar-refractivity contribution in [3.63, 3.8) is 0 Å². The van der Waals surface area contributed by atoms with Gasteiger partial charge in [0.25, 0.3) is 0 Å². The molecule has 1 heterocycles. The van der Waals surface area contributed by atoms with E-state index in [1.54, 1.807) is 19.2 Å². The van der Waals surface area contributed by atoms with Crippen LogP contribution >= 0.6 is 0 Å². The number of ether oxygens (including phenoxy) is 3. The van der Waals surface area contributed by atoms with Gasteiger partial charge in [-0.1, -0.05) is 54.6 Å². The molecule has 0 bridgehead atoms. The molecule has 2 fully saturated rings. The third-order valence-corrected chi connectivity index (χ3v) is 7.70. The third-order valence-electron chi connectivity index (χ3n) is 7.70. The van der Waals surface area contributed by atoms with E-state index in [9.17, 15) is 9.59 Å². The van der Waals surface area contributed by atoms with Gasteiger partial charge < -0.3 is 24.4 Å². The summed E-state index contributed by atoms with van der Waals surface area (Å²) in [5.41, 5.74) is 3.80. The van der Waals surface area contributed by atoms with E-state index in [0.29, 0.717) is 37.7 Å². The number of nitrogens with zero attached hydrogens (tertiary/aromatic N) is 2. The van der Waals surface area contributed by atoms with Crippen LogP contribution in [0.1, 0.15) is 45.5 Å². The van der Waals surface area contributed by atoms with Crippen molar-refractivity contribution in [1.82, 2.24) is 15.1 Å². The van der Waals surface area contributed by atoms with Gasteiger partial charge in [0.2, 0.25) is 0 Å². The SMILES string of the molecule is COC(=O)c1ccc(COC(CN2CCN(C(=O)NC3C[C@H]3c3ccccc3)CC2)c2cccc(OC)c2)cc1. The first kappa shape index (κ1) is 27.7. The Labute approximate surface area is 235 Å². The lowest BCUT2D eigenvalue weighted by molar-refractivity contribution is 0.00544. The number of rotatable bonds is 10. The second kappa shape index (κ2) is 13.0. The van der Waals surface area contributed by atoms with Crippen molar-refractivity contribution in [2.75, 3.05) is 46.9 Å².